The van der Waals surface area contributed by atoms with E-state index in [2.05, 4.69) is 4.98 Å². The first-order chi connectivity index (χ1) is 8.56. The maximum atomic E-state index is 11.1. The van der Waals surface area contributed by atoms with E-state index < -0.39 is 0 Å². The molecule has 0 spiro atoms. The summed E-state index contributed by atoms with van der Waals surface area (Å²) in [5, 5.41) is 0.547. The minimum absolute atomic E-state index is 0.0741. The highest BCUT2D eigenvalue weighted by Crippen LogP contribution is 2.29. The zero-order valence-corrected chi connectivity index (χ0v) is 10.9. The highest BCUT2D eigenvalue weighted by molar-refractivity contribution is 6.32. The fraction of sp³-hybridized carbons (Fsp3) is 0.143. The fourth-order valence-electron chi connectivity index (χ4n) is 1.46. The summed E-state index contributed by atoms with van der Waals surface area (Å²) in [7, 11) is 0. The molecule has 0 saturated heterocycles. The Morgan fingerprint density at radius 3 is 2.61 bits per heavy atom. The van der Waals surface area contributed by atoms with Crippen LogP contribution in [0.2, 0.25) is 5.02 Å². The number of ether oxygens (including phenoxy) is 1. The number of carbonyl (C=O) groups excluding carboxylic acids is 1. The topological polar surface area (TPSA) is 39.2 Å². The average Bonchev–Trinajstić information content (AvgIpc) is 2.33. The Kier molecular flexibility index (Phi) is 3.63. The van der Waals surface area contributed by atoms with E-state index in [1.165, 1.54) is 13.1 Å². The van der Waals surface area contributed by atoms with E-state index in [0.717, 1.165) is 5.56 Å². The van der Waals surface area contributed by atoms with Gasteiger partial charge < -0.3 is 4.74 Å². The number of Topliss-reactive ketones (excluding diaryl/α,β-unsaturated/α-hetero) is 1. The summed E-state index contributed by atoms with van der Waals surface area (Å²) in [5.41, 5.74) is 1.48. The van der Waals surface area contributed by atoms with E-state index in [4.69, 9.17) is 16.3 Å². The summed E-state index contributed by atoms with van der Waals surface area (Å²) in [6.07, 6.45) is 1.51. The van der Waals surface area contributed by atoms with Gasteiger partial charge in [-0.15, -0.1) is 0 Å². The van der Waals surface area contributed by atoms with Crippen LogP contribution in [-0.4, -0.2) is 10.8 Å². The van der Waals surface area contributed by atoms with Gasteiger partial charge in [-0.25, -0.2) is 4.98 Å². The van der Waals surface area contributed by atoms with Crippen LogP contribution >= 0.6 is 11.6 Å². The van der Waals surface area contributed by atoms with Gasteiger partial charge in [0.25, 0.3) is 0 Å². The monoisotopic (exact) mass is 261 g/mol. The minimum atomic E-state index is -0.0741. The lowest BCUT2D eigenvalue weighted by molar-refractivity contribution is 0.101. The third-order valence-corrected chi connectivity index (χ3v) is 2.71. The number of pyridine rings is 1. The van der Waals surface area contributed by atoms with E-state index in [0.29, 0.717) is 22.2 Å². The van der Waals surface area contributed by atoms with Crippen molar-refractivity contribution in [2.75, 3.05) is 0 Å². The van der Waals surface area contributed by atoms with Gasteiger partial charge in [0.05, 0.1) is 11.2 Å². The number of carbonyl (C=O) groups is 1. The van der Waals surface area contributed by atoms with E-state index >= 15 is 0 Å². The first-order valence-electron chi connectivity index (χ1n) is 5.47. The largest absolute Gasteiger partial charge is 0.454 e. The average molecular weight is 262 g/mol. The third-order valence-electron chi connectivity index (χ3n) is 2.41. The lowest BCUT2D eigenvalue weighted by Crippen LogP contribution is -1.96. The molecule has 92 valence electrons. The molecule has 0 bridgehead atoms. The maximum absolute atomic E-state index is 11.1. The third kappa shape index (κ3) is 2.87. The number of ketones is 1. The summed E-state index contributed by atoms with van der Waals surface area (Å²) in [6, 6.07) is 8.86. The van der Waals surface area contributed by atoms with Gasteiger partial charge in [-0.3, -0.25) is 4.79 Å². The first kappa shape index (κ1) is 12.6. The van der Waals surface area contributed by atoms with Gasteiger partial charge in [-0.2, -0.15) is 0 Å². The highest BCUT2D eigenvalue weighted by Gasteiger charge is 2.05. The van der Waals surface area contributed by atoms with Crippen LogP contribution in [0.4, 0.5) is 0 Å². The number of aromatic nitrogens is 1. The van der Waals surface area contributed by atoms with Crippen LogP contribution in [0.1, 0.15) is 23.0 Å². The Morgan fingerprint density at radius 2 is 2.06 bits per heavy atom. The van der Waals surface area contributed by atoms with Crippen LogP contribution in [0.25, 0.3) is 0 Å². The molecule has 0 unspecified atom stereocenters. The van der Waals surface area contributed by atoms with Crippen LogP contribution in [0.15, 0.2) is 36.5 Å². The number of hydrogen-bond donors (Lipinski definition) is 0. The normalized spacial score (nSPS) is 10.2. The quantitative estimate of drug-likeness (QED) is 0.783. The van der Waals surface area contributed by atoms with Gasteiger partial charge in [-0.1, -0.05) is 17.7 Å². The smallest absolute Gasteiger partial charge is 0.178 e. The number of rotatable bonds is 3. The van der Waals surface area contributed by atoms with Crippen molar-refractivity contribution in [3.05, 3.63) is 52.8 Å². The Labute approximate surface area is 110 Å². The van der Waals surface area contributed by atoms with Crippen LogP contribution in [0.3, 0.4) is 0 Å². The van der Waals surface area contributed by atoms with E-state index in [9.17, 15) is 4.79 Å². The second-order valence-electron chi connectivity index (χ2n) is 3.97. The fourth-order valence-corrected chi connectivity index (χ4v) is 1.74. The molecule has 0 aliphatic carbocycles. The Hall–Kier alpha value is -1.87. The molecule has 0 aliphatic heterocycles. The van der Waals surface area contributed by atoms with Crippen LogP contribution in [0, 0.1) is 6.92 Å². The lowest BCUT2D eigenvalue weighted by atomic mass is 10.2. The number of hydrogen-bond acceptors (Lipinski definition) is 3. The van der Waals surface area contributed by atoms with Gasteiger partial charge >= 0.3 is 0 Å². The van der Waals surface area contributed by atoms with E-state index in [1.54, 1.807) is 18.2 Å². The van der Waals surface area contributed by atoms with Crippen molar-refractivity contribution in [3.63, 3.8) is 0 Å². The second-order valence-corrected chi connectivity index (χ2v) is 4.38. The first-order valence-corrected chi connectivity index (χ1v) is 5.85. The standard InChI is InChI=1S/C14H12ClNO2/c1-9-3-6-14(12(15)7-9)18-11-4-5-13(10(2)17)16-8-11/h3-8H,1-2H3. The molecule has 1 aromatic carbocycles. The van der Waals surface area contributed by atoms with Crippen molar-refractivity contribution in [3.8, 4) is 11.5 Å². The second kappa shape index (κ2) is 5.19. The van der Waals surface area contributed by atoms with Gasteiger partial charge in [0.2, 0.25) is 0 Å². The summed E-state index contributed by atoms with van der Waals surface area (Å²) >= 11 is 6.06. The molecule has 1 aromatic heterocycles. The Balaban J connectivity index is 2.21. The maximum Gasteiger partial charge on any atom is 0.178 e. The molecule has 18 heavy (non-hydrogen) atoms. The van der Waals surface area contributed by atoms with Gasteiger partial charge in [0, 0.05) is 6.92 Å². The molecule has 3 nitrogen and oxygen atoms in total. The zero-order valence-electron chi connectivity index (χ0n) is 10.1. The molecule has 0 fully saturated rings. The molecular weight excluding hydrogens is 250 g/mol. The highest BCUT2D eigenvalue weighted by atomic mass is 35.5. The number of nitrogens with zero attached hydrogens (tertiary/aromatic N) is 1. The molecule has 0 saturated carbocycles. The molecule has 4 heteroatoms. The zero-order chi connectivity index (χ0) is 13.1. The predicted octanol–water partition coefficient (Wildman–Crippen LogP) is 4.04. The van der Waals surface area contributed by atoms with Crippen molar-refractivity contribution < 1.29 is 9.53 Å². The van der Waals surface area contributed by atoms with Crippen molar-refractivity contribution in [1.82, 2.24) is 4.98 Å². The summed E-state index contributed by atoms with van der Waals surface area (Å²) in [6.45, 7) is 3.43. The minimum Gasteiger partial charge on any atom is -0.454 e. The molecule has 1 heterocycles. The van der Waals surface area contributed by atoms with Gasteiger partial charge in [0.15, 0.2) is 5.78 Å². The molecule has 0 atom stereocenters. The molecule has 2 rings (SSSR count). The number of halogens is 1. The van der Waals surface area contributed by atoms with Gasteiger partial charge in [0.1, 0.15) is 17.2 Å². The summed E-state index contributed by atoms with van der Waals surface area (Å²) in [5.74, 6) is 1.04. The summed E-state index contributed by atoms with van der Waals surface area (Å²) in [4.78, 5) is 15.1. The van der Waals surface area contributed by atoms with Crippen molar-refractivity contribution in [2.45, 2.75) is 13.8 Å². The van der Waals surface area contributed by atoms with Crippen LogP contribution < -0.4 is 4.74 Å². The SMILES string of the molecule is CC(=O)c1ccc(Oc2ccc(C)cc2Cl)cn1. The molecule has 0 aliphatic rings. The molecular formula is C14H12ClNO2. The number of benzene rings is 1. The van der Waals surface area contributed by atoms with E-state index in [-0.39, 0.29) is 5.78 Å². The number of aryl methyl sites for hydroxylation is 1. The van der Waals surface area contributed by atoms with Crippen LogP contribution in [-0.2, 0) is 0 Å². The van der Waals surface area contributed by atoms with Gasteiger partial charge in [-0.05, 0) is 36.8 Å². The van der Waals surface area contributed by atoms with Crippen molar-refractivity contribution in [2.24, 2.45) is 0 Å². The molecule has 0 N–H and O–H groups in total. The summed E-state index contributed by atoms with van der Waals surface area (Å²) < 4.78 is 5.59. The van der Waals surface area contributed by atoms with E-state index in [1.807, 2.05) is 19.1 Å². The molecule has 0 amide bonds. The Bertz CT molecular complexity index is 579. The van der Waals surface area contributed by atoms with Crippen molar-refractivity contribution >= 4 is 17.4 Å². The van der Waals surface area contributed by atoms with Crippen molar-refractivity contribution in [1.29, 1.82) is 0 Å². The molecule has 0 radical (unpaired) electrons. The van der Waals surface area contributed by atoms with Crippen LogP contribution in [0.5, 0.6) is 11.5 Å². The Morgan fingerprint density at radius 1 is 1.28 bits per heavy atom. The predicted molar refractivity (Wildman–Crippen MR) is 70.5 cm³/mol. The molecule has 2 aromatic rings. The lowest BCUT2D eigenvalue weighted by Gasteiger charge is -2.07.